The Balaban J connectivity index is 2.54. The summed E-state index contributed by atoms with van der Waals surface area (Å²) in [7, 11) is 0. The topological polar surface area (TPSA) is 60.8 Å². The highest BCUT2D eigenvalue weighted by Gasteiger charge is 2.42. The molecule has 0 bridgehead atoms. The van der Waals surface area contributed by atoms with Gasteiger partial charge in [-0.25, -0.2) is 0 Å². The van der Waals surface area contributed by atoms with Gasteiger partial charge in [-0.15, -0.1) is 6.58 Å². The molecule has 0 spiro atoms. The second kappa shape index (κ2) is 7.72. The maximum atomic E-state index is 13.1. The normalized spacial score (nSPS) is 11.0. The van der Waals surface area contributed by atoms with Gasteiger partial charge in [0.25, 0.3) is 5.91 Å². The summed E-state index contributed by atoms with van der Waals surface area (Å²) in [5, 5.41) is 20.5. The lowest BCUT2D eigenvalue weighted by Gasteiger charge is -2.33. The van der Waals surface area contributed by atoms with Crippen LogP contribution in [0.2, 0.25) is 0 Å². The minimum absolute atomic E-state index is 0.132. The first-order chi connectivity index (χ1) is 11.1. The number of aliphatic hydroxyl groups is 2. The van der Waals surface area contributed by atoms with Gasteiger partial charge in [0.15, 0.2) is 5.60 Å². The summed E-state index contributed by atoms with van der Waals surface area (Å²) < 4.78 is 0. The highest BCUT2D eigenvalue weighted by atomic mass is 16.3. The van der Waals surface area contributed by atoms with Crippen molar-refractivity contribution in [3.8, 4) is 0 Å². The quantitative estimate of drug-likeness (QED) is 0.768. The Bertz CT molecular complexity index is 601. The van der Waals surface area contributed by atoms with Crippen LogP contribution in [0.25, 0.3) is 0 Å². The van der Waals surface area contributed by atoms with Crippen molar-refractivity contribution in [3.05, 3.63) is 84.4 Å². The lowest BCUT2D eigenvalue weighted by Crippen LogP contribution is -2.48. The van der Waals surface area contributed by atoms with Crippen molar-refractivity contribution in [1.29, 1.82) is 0 Å². The standard InChI is InChI=1S/C19H21NO3/c1-2-13-20(14-15-21)18(22)19(23,16-9-5-3-6-10-16)17-11-7-4-8-12-17/h2-12,21,23H,1,13-15H2. The van der Waals surface area contributed by atoms with E-state index in [4.69, 9.17) is 0 Å². The molecular formula is C19H21NO3. The molecule has 1 amide bonds. The van der Waals surface area contributed by atoms with Crippen LogP contribution in [0.4, 0.5) is 0 Å². The zero-order chi connectivity index (χ0) is 16.7. The van der Waals surface area contributed by atoms with E-state index in [1.165, 1.54) is 4.90 Å². The molecule has 0 aliphatic carbocycles. The highest BCUT2D eigenvalue weighted by molar-refractivity contribution is 5.90. The molecule has 2 aromatic rings. The minimum Gasteiger partial charge on any atom is -0.395 e. The Kier molecular flexibility index (Phi) is 5.68. The Morgan fingerprint density at radius 1 is 1.04 bits per heavy atom. The molecule has 0 aliphatic heterocycles. The first kappa shape index (κ1) is 16.9. The number of benzene rings is 2. The van der Waals surface area contributed by atoms with Crippen molar-refractivity contribution in [3.63, 3.8) is 0 Å². The van der Waals surface area contributed by atoms with Crippen LogP contribution in [0.1, 0.15) is 11.1 Å². The molecule has 4 heteroatoms. The third-order valence-corrected chi connectivity index (χ3v) is 3.70. The van der Waals surface area contributed by atoms with Gasteiger partial charge in [-0.2, -0.15) is 0 Å². The van der Waals surface area contributed by atoms with Gasteiger partial charge in [0.2, 0.25) is 0 Å². The van der Waals surface area contributed by atoms with Gasteiger partial charge in [-0.3, -0.25) is 4.79 Å². The number of hydrogen-bond acceptors (Lipinski definition) is 3. The van der Waals surface area contributed by atoms with Crippen LogP contribution in [0.15, 0.2) is 73.3 Å². The Morgan fingerprint density at radius 2 is 1.52 bits per heavy atom. The van der Waals surface area contributed by atoms with E-state index >= 15 is 0 Å². The van der Waals surface area contributed by atoms with Gasteiger partial charge in [0, 0.05) is 13.1 Å². The van der Waals surface area contributed by atoms with E-state index in [-0.39, 0.29) is 19.7 Å². The zero-order valence-electron chi connectivity index (χ0n) is 12.9. The number of carbonyl (C=O) groups is 1. The van der Waals surface area contributed by atoms with E-state index in [1.54, 1.807) is 54.6 Å². The van der Waals surface area contributed by atoms with Gasteiger partial charge < -0.3 is 15.1 Å². The summed E-state index contributed by atoms with van der Waals surface area (Å²) in [6.07, 6.45) is 1.57. The molecule has 0 saturated carbocycles. The van der Waals surface area contributed by atoms with E-state index in [0.717, 1.165) is 0 Å². The van der Waals surface area contributed by atoms with Crippen molar-refractivity contribution in [1.82, 2.24) is 4.90 Å². The lowest BCUT2D eigenvalue weighted by molar-refractivity contribution is -0.148. The van der Waals surface area contributed by atoms with Crippen LogP contribution in [-0.4, -0.2) is 40.7 Å². The van der Waals surface area contributed by atoms with E-state index < -0.39 is 11.5 Å². The maximum Gasteiger partial charge on any atom is 0.264 e. The molecule has 0 radical (unpaired) electrons. The number of rotatable bonds is 7. The van der Waals surface area contributed by atoms with Gasteiger partial charge in [0.1, 0.15) is 0 Å². The van der Waals surface area contributed by atoms with Gasteiger partial charge in [0.05, 0.1) is 6.61 Å². The van der Waals surface area contributed by atoms with E-state index in [0.29, 0.717) is 11.1 Å². The molecule has 23 heavy (non-hydrogen) atoms. The van der Waals surface area contributed by atoms with Crippen LogP contribution in [-0.2, 0) is 10.4 Å². The number of hydrogen-bond donors (Lipinski definition) is 2. The van der Waals surface area contributed by atoms with Crippen molar-refractivity contribution in [2.24, 2.45) is 0 Å². The molecule has 0 atom stereocenters. The molecule has 0 saturated heterocycles. The van der Waals surface area contributed by atoms with Crippen LogP contribution in [0, 0.1) is 0 Å². The summed E-state index contributed by atoms with van der Waals surface area (Å²) in [6.45, 7) is 3.84. The number of nitrogens with zero attached hydrogens (tertiary/aromatic N) is 1. The van der Waals surface area contributed by atoms with Crippen molar-refractivity contribution >= 4 is 5.91 Å². The smallest absolute Gasteiger partial charge is 0.264 e. The monoisotopic (exact) mass is 311 g/mol. The molecule has 2 rings (SSSR count). The van der Waals surface area contributed by atoms with E-state index in [9.17, 15) is 15.0 Å². The molecule has 120 valence electrons. The first-order valence-corrected chi connectivity index (χ1v) is 7.49. The predicted octanol–water partition coefficient (Wildman–Crippen LogP) is 1.93. The molecule has 0 heterocycles. The maximum absolute atomic E-state index is 13.1. The molecular weight excluding hydrogens is 290 g/mol. The van der Waals surface area contributed by atoms with Crippen LogP contribution < -0.4 is 0 Å². The molecule has 0 unspecified atom stereocenters. The molecule has 2 N–H and O–H groups in total. The van der Waals surface area contributed by atoms with Crippen LogP contribution in [0.5, 0.6) is 0 Å². The average Bonchev–Trinajstić information content (AvgIpc) is 2.61. The van der Waals surface area contributed by atoms with Gasteiger partial charge in [-0.1, -0.05) is 66.7 Å². The third kappa shape index (κ3) is 3.50. The zero-order valence-corrected chi connectivity index (χ0v) is 12.9. The van der Waals surface area contributed by atoms with E-state index in [1.807, 2.05) is 12.1 Å². The number of carbonyl (C=O) groups excluding carboxylic acids is 1. The second-order valence-corrected chi connectivity index (χ2v) is 5.21. The van der Waals surface area contributed by atoms with Crippen molar-refractivity contribution < 1.29 is 15.0 Å². The molecule has 2 aromatic carbocycles. The van der Waals surface area contributed by atoms with Crippen molar-refractivity contribution in [2.75, 3.05) is 19.7 Å². The fourth-order valence-corrected chi connectivity index (χ4v) is 2.55. The summed E-state index contributed by atoms with van der Waals surface area (Å²) in [5.41, 5.74) is -0.827. The SMILES string of the molecule is C=CCN(CCO)C(=O)C(O)(c1ccccc1)c1ccccc1. The minimum atomic E-state index is -1.80. The Morgan fingerprint density at radius 3 is 1.91 bits per heavy atom. The van der Waals surface area contributed by atoms with E-state index in [2.05, 4.69) is 6.58 Å². The molecule has 0 aromatic heterocycles. The molecule has 4 nitrogen and oxygen atoms in total. The number of aliphatic hydroxyl groups excluding tert-OH is 1. The summed E-state index contributed by atoms with van der Waals surface area (Å²) in [4.78, 5) is 14.5. The summed E-state index contributed by atoms with van der Waals surface area (Å²) >= 11 is 0. The Labute approximate surface area is 136 Å². The first-order valence-electron chi connectivity index (χ1n) is 7.49. The summed E-state index contributed by atoms with van der Waals surface area (Å²) in [5.74, 6) is -0.483. The third-order valence-electron chi connectivity index (χ3n) is 3.70. The van der Waals surface area contributed by atoms with Gasteiger partial charge in [-0.05, 0) is 11.1 Å². The lowest BCUT2D eigenvalue weighted by atomic mass is 9.85. The van der Waals surface area contributed by atoms with Crippen LogP contribution >= 0.6 is 0 Å². The fraction of sp³-hybridized carbons (Fsp3) is 0.211. The van der Waals surface area contributed by atoms with Crippen LogP contribution in [0.3, 0.4) is 0 Å². The average molecular weight is 311 g/mol. The second-order valence-electron chi connectivity index (χ2n) is 5.21. The number of amides is 1. The Hall–Kier alpha value is -2.43. The molecule has 0 fully saturated rings. The molecule has 0 aliphatic rings. The summed E-state index contributed by atoms with van der Waals surface area (Å²) in [6, 6.07) is 17.6. The predicted molar refractivity (Wildman–Crippen MR) is 89.7 cm³/mol. The van der Waals surface area contributed by atoms with Crippen molar-refractivity contribution in [2.45, 2.75) is 5.60 Å². The highest BCUT2D eigenvalue weighted by Crippen LogP contribution is 2.31. The van der Waals surface area contributed by atoms with Gasteiger partial charge >= 0.3 is 0 Å². The fourth-order valence-electron chi connectivity index (χ4n) is 2.55. The largest absolute Gasteiger partial charge is 0.395 e.